The molecule has 2 amide bonds. The number of benzene rings is 2. The van der Waals surface area contributed by atoms with Crippen LogP contribution in [0.25, 0.3) is 0 Å². The molecule has 0 aliphatic carbocycles. The van der Waals surface area contributed by atoms with Crippen LogP contribution in [0.2, 0.25) is 0 Å². The number of carbonyl (C=O) groups excluding carboxylic acids is 2. The Labute approximate surface area is 224 Å². The van der Waals surface area contributed by atoms with Crippen LogP contribution in [-0.2, 0) is 9.59 Å². The van der Waals surface area contributed by atoms with Gasteiger partial charge in [0.2, 0.25) is 11.8 Å². The van der Waals surface area contributed by atoms with Crippen LogP contribution in [-0.4, -0.2) is 34.5 Å². The second-order valence-electron chi connectivity index (χ2n) is 6.80. The van der Waals surface area contributed by atoms with E-state index in [2.05, 4.69) is 84.8 Å². The third-order valence-electron chi connectivity index (χ3n) is 4.21. The minimum atomic E-state index is -0.256. The average Bonchev–Trinajstić information content (AvgIpc) is 2.74. The van der Waals surface area contributed by atoms with Crippen LogP contribution >= 0.6 is 63.7 Å². The Balaban J connectivity index is 1.64. The smallest absolute Gasteiger partial charge is 0.240 e. The summed E-state index contributed by atoms with van der Waals surface area (Å²) >= 11 is 13.1. The van der Waals surface area contributed by atoms with Crippen molar-refractivity contribution in [3.05, 3.63) is 53.3 Å². The molecule has 8 nitrogen and oxygen atoms in total. The van der Waals surface area contributed by atoms with E-state index in [9.17, 15) is 19.8 Å². The Morgan fingerprint density at radius 1 is 0.727 bits per heavy atom. The van der Waals surface area contributed by atoms with Crippen molar-refractivity contribution in [2.75, 3.05) is 0 Å². The van der Waals surface area contributed by atoms with Gasteiger partial charge >= 0.3 is 0 Å². The molecular weight excluding hydrogens is 692 g/mol. The van der Waals surface area contributed by atoms with Gasteiger partial charge in [-0.2, -0.15) is 10.2 Å². The SMILES string of the molecule is O=C(CCCCCC(=O)N/N=C\c1cc(Br)cc(Br)c1O)N/N=C\c1cc(Br)cc(Br)c1O. The van der Waals surface area contributed by atoms with E-state index >= 15 is 0 Å². The van der Waals surface area contributed by atoms with Gasteiger partial charge in [-0.15, -0.1) is 0 Å². The normalized spacial score (nSPS) is 11.3. The molecular formula is C21H20Br4N4O4. The largest absolute Gasteiger partial charge is 0.506 e. The third kappa shape index (κ3) is 9.55. The lowest BCUT2D eigenvalue weighted by molar-refractivity contribution is -0.121. The molecule has 12 heteroatoms. The Morgan fingerprint density at radius 3 is 1.52 bits per heavy atom. The lowest BCUT2D eigenvalue weighted by Gasteiger charge is -2.04. The summed E-state index contributed by atoms with van der Waals surface area (Å²) < 4.78 is 2.54. The molecule has 0 radical (unpaired) electrons. The summed E-state index contributed by atoms with van der Waals surface area (Å²) in [5.74, 6) is -0.456. The van der Waals surface area contributed by atoms with Gasteiger partial charge in [0.05, 0.1) is 21.4 Å². The third-order valence-corrected chi connectivity index (χ3v) is 6.33. The van der Waals surface area contributed by atoms with Gasteiger partial charge in [0.15, 0.2) is 0 Å². The lowest BCUT2D eigenvalue weighted by atomic mass is 10.1. The van der Waals surface area contributed by atoms with Crippen molar-refractivity contribution in [3.63, 3.8) is 0 Å². The van der Waals surface area contributed by atoms with Crippen molar-refractivity contribution in [2.24, 2.45) is 10.2 Å². The van der Waals surface area contributed by atoms with Crippen LogP contribution in [0.5, 0.6) is 11.5 Å². The highest BCUT2D eigenvalue weighted by Gasteiger charge is 2.07. The van der Waals surface area contributed by atoms with Gasteiger partial charge in [-0.3, -0.25) is 9.59 Å². The Morgan fingerprint density at radius 2 is 1.12 bits per heavy atom. The molecule has 0 saturated carbocycles. The summed E-state index contributed by atoms with van der Waals surface area (Å²) in [7, 11) is 0. The van der Waals surface area contributed by atoms with E-state index in [4.69, 9.17) is 0 Å². The minimum absolute atomic E-state index is 0.0279. The zero-order valence-corrected chi connectivity index (χ0v) is 23.5. The number of aromatic hydroxyl groups is 2. The van der Waals surface area contributed by atoms with Crippen LogP contribution in [0.15, 0.2) is 52.4 Å². The average molecular weight is 712 g/mol. The summed E-state index contributed by atoms with van der Waals surface area (Å²) in [6.07, 6.45) is 5.15. The molecule has 4 N–H and O–H groups in total. The first kappa shape index (κ1) is 27.5. The molecule has 0 aromatic heterocycles. The Kier molecular flexibility index (Phi) is 11.5. The fourth-order valence-corrected chi connectivity index (χ4v) is 5.09. The number of halogens is 4. The summed E-state index contributed by atoms with van der Waals surface area (Å²) in [4.78, 5) is 23.7. The molecule has 0 bridgehead atoms. The van der Waals surface area contributed by atoms with Gasteiger partial charge in [-0.1, -0.05) is 38.3 Å². The topological polar surface area (TPSA) is 123 Å². The van der Waals surface area contributed by atoms with Crippen molar-refractivity contribution < 1.29 is 19.8 Å². The Hall–Kier alpha value is -1.76. The number of hydrogen-bond acceptors (Lipinski definition) is 6. The maximum absolute atomic E-state index is 11.9. The minimum Gasteiger partial charge on any atom is -0.506 e. The van der Waals surface area contributed by atoms with Gasteiger partial charge in [0.25, 0.3) is 0 Å². The number of rotatable bonds is 10. The predicted octanol–water partition coefficient (Wildman–Crippen LogP) is 5.70. The van der Waals surface area contributed by atoms with Crippen molar-refractivity contribution in [1.82, 2.24) is 10.9 Å². The molecule has 0 aliphatic rings. The predicted molar refractivity (Wildman–Crippen MR) is 142 cm³/mol. The second kappa shape index (κ2) is 13.8. The highest BCUT2D eigenvalue weighted by Crippen LogP contribution is 2.31. The van der Waals surface area contributed by atoms with Gasteiger partial charge < -0.3 is 10.2 Å². The number of unbranched alkanes of at least 4 members (excludes halogenated alkanes) is 2. The van der Waals surface area contributed by atoms with E-state index in [1.54, 1.807) is 24.3 Å². The summed E-state index contributed by atoms with van der Waals surface area (Å²) in [6, 6.07) is 6.74. The number of carbonyl (C=O) groups is 2. The molecule has 0 saturated heterocycles. The standard InChI is InChI=1S/C21H20Br4N4O4/c22-14-6-12(20(32)16(24)8-14)10-26-28-18(30)4-2-1-3-5-19(31)29-27-11-13-7-15(23)9-17(25)21(13)33/h6-11,32-33H,1-5H2,(H,28,30)(H,29,31)/b26-10-,27-11-. The highest BCUT2D eigenvalue weighted by molar-refractivity contribution is 9.11. The number of amides is 2. The van der Waals surface area contributed by atoms with Crippen molar-refractivity contribution in [3.8, 4) is 11.5 Å². The van der Waals surface area contributed by atoms with Crippen LogP contribution in [0.1, 0.15) is 43.2 Å². The van der Waals surface area contributed by atoms with Gasteiger partial charge in [0.1, 0.15) is 11.5 Å². The van der Waals surface area contributed by atoms with E-state index in [0.717, 1.165) is 8.95 Å². The molecule has 2 aromatic carbocycles. The van der Waals surface area contributed by atoms with E-state index in [0.29, 0.717) is 39.3 Å². The van der Waals surface area contributed by atoms with Crippen molar-refractivity contribution in [1.29, 1.82) is 0 Å². The number of nitrogens with one attached hydrogen (secondary N) is 2. The van der Waals surface area contributed by atoms with Crippen molar-refractivity contribution >= 4 is 88.0 Å². The number of phenolic OH excluding ortho intramolecular Hbond substituents is 2. The molecule has 0 fully saturated rings. The molecule has 0 spiro atoms. The Bertz CT molecular complexity index is 993. The van der Waals surface area contributed by atoms with E-state index in [1.807, 2.05) is 0 Å². The number of hydrazone groups is 2. The molecule has 0 unspecified atom stereocenters. The number of nitrogens with zero attached hydrogens (tertiary/aromatic N) is 2. The van der Waals surface area contributed by atoms with Gasteiger partial charge in [0, 0.05) is 32.9 Å². The molecule has 0 aliphatic heterocycles. The van der Waals surface area contributed by atoms with Gasteiger partial charge in [-0.25, -0.2) is 10.9 Å². The molecule has 0 atom stereocenters. The fourth-order valence-electron chi connectivity index (χ4n) is 2.58. The molecule has 33 heavy (non-hydrogen) atoms. The fraction of sp³-hybridized carbons (Fsp3) is 0.238. The first-order valence-corrected chi connectivity index (χ1v) is 12.8. The molecule has 2 rings (SSSR count). The molecule has 176 valence electrons. The quantitative estimate of drug-likeness (QED) is 0.144. The maximum atomic E-state index is 11.9. The molecule has 2 aromatic rings. The van der Waals surface area contributed by atoms with Crippen LogP contribution in [0.3, 0.4) is 0 Å². The van der Waals surface area contributed by atoms with Crippen LogP contribution in [0, 0.1) is 0 Å². The maximum Gasteiger partial charge on any atom is 0.240 e. The lowest BCUT2D eigenvalue weighted by Crippen LogP contribution is -2.18. The monoisotopic (exact) mass is 708 g/mol. The van der Waals surface area contributed by atoms with E-state index in [1.165, 1.54) is 12.4 Å². The van der Waals surface area contributed by atoms with Crippen molar-refractivity contribution in [2.45, 2.75) is 32.1 Å². The first-order chi connectivity index (χ1) is 15.7. The summed E-state index contributed by atoms with van der Waals surface area (Å²) in [5, 5.41) is 27.6. The van der Waals surface area contributed by atoms with E-state index < -0.39 is 0 Å². The van der Waals surface area contributed by atoms with Crippen LogP contribution in [0.4, 0.5) is 0 Å². The summed E-state index contributed by atoms with van der Waals surface area (Å²) in [5.41, 5.74) is 5.74. The zero-order valence-electron chi connectivity index (χ0n) is 17.1. The van der Waals surface area contributed by atoms with Gasteiger partial charge in [-0.05, 0) is 69.0 Å². The summed E-state index contributed by atoms with van der Waals surface area (Å²) in [6.45, 7) is 0. The molecule has 0 heterocycles. The number of hydrogen-bond donors (Lipinski definition) is 4. The first-order valence-electron chi connectivity index (χ1n) is 9.67. The highest BCUT2D eigenvalue weighted by atomic mass is 79.9. The zero-order chi connectivity index (χ0) is 24.4. The number of phenols is 2. The second-order valence-corrected chi connectivity index (χ2v) is 10.3. The van der Waals surface area contributed by atoms with E-state index in [-0.39, 0.29) is 36.2 Å². The van der Waals surface area contributed by atoms with Crippen LogP contribution < -0.4 is 10.9 Å².